The fraction of sp³-hybridized carbons (Fsp3) is 0.462. The van der Waals surface area contributed by atoms with E-state index in [9.17, 15) is 0 Å². The molecule has 2 N–H and O–H groups in total. The largest absolute Gasteiger partial charge is 0.358 e. The molecule has 0 bridgehead atoms. The van der Waals surface area contributed by atoms with Gasteiger partial charge in [-0.15, -0.1) is 0 Å². The number of hydrogen-bond donors (Lipinski definition) is 2. The molecule has 1 aromatic carbocycles. The lowest BCUT2D eigenvalue weighted by molar-refractivity contribution is 0.448. The van der Waals surface area contributed by atoms with Crippen LogP contribution in [0.4, 0.5) is 5.69 Å². The Kier molecular flexibility index (Phi) is 4.78. The van der Waals surface area contributed by atoms with E-state index in [0.717, 1.165) is 22.7 Å². The first-order valence-corrected chi connectivity index (χ1v) is 6.48. The van der Waals surface area contributed by atoms with Gasteiger partial charge in [0.05, 0.1) is 0 Å². The Morgan fingerprint density at radius 3 is 2.65 bits per heavy atom. The molecular weight excluding hydrogens is 252 g/mol. The Hall–Kier alpha value is -0.800. The summed E-state index contributed by atoms with van der Waals surface area (Å²) in [7, 11) is 0. The van der Waals surface area contributed by atoms with Crippen molar-refractivity contribution in [2.75, 3.05) is 5.32 Å². The Labute approximate surface area is 114 Å². The predicted molar refractivity (Wildman–Crippen MR) is 79.9 cm³/mol. The van der Waals surface area contributed by atoms with Gasteiger partial charge in [0.25, 0.3) is 0 Å². The van der Waals surface area contributed by atoms with E-state index in [1.807, 2.05) is 25.1 Å². The van der Waals surface area contributed by atoms with Crippen LogP contribution in [0.1, 0.15) is 32.8 Å². The normalized spacial score (nSPS) is 11.1. The van der Waals surface area contributed by atoms with Gasteiger partial charge in [0.15, 0.2) is 5.11 Å². The van der Waals surface area contributed by atoms with Gasteiger partial charge in [-0.25, -0.2) is 0 Å². The molecule has 0 heterocycles. The van der Waals surface area contributed by atoms with Gasteiger partial charge in [0.1, 0.15) is 0 Å². The van der Waals surface area contributed by atoms with Crippen molar-refractivity contribution in [3.63, 3.8) is 0 Å². The summed E-state index contributed by atoms with van der Waals surface area (Å²) in [6.07, 6.45) is 1.00. The molecule has 0 aromatic heterocycles. The van der Waals surface area contributed by atoms with Gasteiger partial charge >= 0.3 is 0 Å². The average Bonchev–Trinajstić information content (AvgIpc) is 2.24. The fourth-order valence-electron chi connectivity index (χ4n) is 1.29. The molecule has 94 valence electrons. The maximum absolute atomic E-state index is 6.05. The first-order chi connectivity index (χ1) is 7.85. The Morgan fingerprint density at radius 1 is 1.41 bits per heavy atom. The Balaban J connectivity index is 2.72. The summed E-state index contributed by atoms with van der Waals surface area (Å²) in [5, 5.41) is 7.83. The van der Waals surface area contributed by atoms with Gasteiger partial charge in [-0.05, 0) is 57.1 Å². The molecule has 1 aromatic rings. The van der Waals surface area contributed by atoms with Gasteiger partial charge in [0.2, 0.25) is 0 Å². The van der Waals surface area contributed by atoms with Crippen LogP contribution >= 0.6 is 23.8 Å². The minimum absolute atomic E-state index is 0.00341. The molecule has 0 aliphatic rings. The lowest BCUT2D eigenvalue weighted by Gasteiger charge is -2.26. The van der Waals surface area contributed by atoms with Gasteiger partial charge in [-0.2, -0.15) is 0 Å². The van der Waals surface area contributed by atoms with Crippen molar-refractivity contribution in [1.29, 1.82) is 0 Å². The van der Waals surface area contributed by atoms with Crippen molar-refractivity contribution in [2.24, 2.45) is 0 Å². The van der Waals surface area contributed by atoms with Crippen LogP contribution < -0.4 is 10.6 Å². The third-order valence-electron chi connectivity index (χ3n) is 2.85. The summed E-state index contributed by atoms with van der Waals surface area (Å²) >= 11 is 11.3. The Morgan fingerprint density at radius 2 is 2.06 bits per heavy atom. The third kappa shape index (κ3) is 4.17. The zero-order chi connectivity index (χ0) is 13.1. The number of thiocarbonyl (C=S) groups is 1. The smallest absolute Gasteiger partial charge is 0.171 e. The summed E-state index contributed by atoms with van der Waals surface area (Å²) in [5.41, 5.74) is 1.95. The number of rotatable bonds is 3. The van der Waals surface area contributed by atoms with Crippen LogP contribution in [0.5, 0.6) is 0 Å². The van der Waals surface area contributed by atoms with Gasteiger partial charge in [-0.1, -0.05) is 24.6 Å². The number of benzene rings is 1. The minimum Gasteiger partial charge on any atom is -0.358 e. The van der Waals surface area contributed by atoms with Crippen LogP contribution in [0.2, 0.25) is 5.02 Å². The summed E-state index contributed by atoms with van der Waals surface area (Å²) in [6.45, 7) is 8.33. The van der Waals surface area contributed by atoms with Gasteiger partial charge < -0.3 is 10.6 Å². The molecule has 0 saturated heterocycles. The maximum atomic E-state index is 6.05. The number of halogens is 1. The van der Waals surface area contributed by atoms with Crippen molar-refractivity contribution in [2.45, 2.75) is 39.7 Å². The molecule has 0 amide bonds. The zero-order valence-corrected chi connectivity index (χ0v) is 12.3. The van der Waals surface area contributed by atoms with E-state index in [1.54, 1.807) is 0 Å². The van der Waals surface area contributed by atoms with Crippen molar-refractivity contribution >= 4 is 34.6 Å². The molecule has 0 radical (unpaired) electrons. The summed E-state index contributed by atoms with van der Waals surface area (Å²) in [5.74, 6) is 0. The van der Waals surface area contributed by atoms with E-state index in [0.29, 0.717) is 5.11 Å². The highest BCUT2D eigenvalue weighted by Gasteiger charge is 2.16. The van der Waals surface area contributed by atoms with Crippen LogP contribution in [-0.2, 0) is 0 Å². The van der Waals surface area contributed by atoms with E-state index in [2.05, 4.69) is 31.4 Å². The molecule has 4 heteroatoms. The van der Waals surface area contributed by atoms with Crippen LogP contribution in [0.15, 0.2) is 18.2 Å². The second kappa shape index (κ2) is 5.69. The molecule has 17 heavy (non-hydrogen) atoms. The lowest BCUT2D eigenvalue weighted by Crippen LogP contribution is -2.44. The van der Waals surface area contributed by atoms with Gasteiger partial charge in [0, 0.05) is 16.2 Å². The third-order valence-corrected chi connectivity index (χ3v) is 3.47. The maximum Gasteiger partial charge on any atom is 0.171 e. The molecule has 0 aliphatic heterocycles. The molecule has 1 rings (SSSR count). The second-order valence-electron chi connectivity index (χ2n) is 4.73. The first-order valence-electron chi connectivity index (χ1n) is 5.70. The highest BCUT2D eigenvalue weighted by Crippen LogP contribution is 2.23. The highest BCUT2D eigenvalue weighted by atomic mass is 35.5. The monoisotopic (exact) mass is 270 g/mol. The van der Waals surface area contributed by atoms with Crippen LogP contribution in [0.25, 0.3) is 0 Å². The van der Waals surface area contributed by atoms with Crippen molar-refractivity contribution in [3.8, 4) is 0 Å². The first kappa shape index (κ1) is 14.3. The summed E-state index contributed by atoms with van der Waals surface area (Å²) in [6, 6.07) is 5.74. The number of nitrogens with one attached hydrogen (secondary N) is 2. The summed E-state index contributed by atoms with van der Waals surface area (Å²) < 4.78 is 0. The number of anilines is 1. The van der Waals surface area contributed by atoms with Crippen molar-refractivity contribution in [3.05, 3.63) is 28.8 Å². The highest BCUT2D eigenvalue weighted by molar-refractivity contribution is 7.80. The second-order valence-corrected chi connectivity index (χ2v) is 5.54. The van der Waals surface area contributed by atoms with E-state index >= 15 is 0 Å². The van der Waals surface area contributed by atoms with E-state index in [1.165, 1.54) is 0 Å². The molecule has 0 fully saturated rings. The molecule has 0 unspecified atom stereocenters. The summed E-state index contributed by atoms with van der Waals surface area (Å²) in [4.78, 5) is 0. The van der Waals surface area contributed by atoms with Crippen LogP contribution in [0, 0.1) is 6.92 Å². The quantitative estimate of drug-likeness (QED) is 0.808. The van der Waals surface area contributed by atoms with Crippen molar-refractivity contribution < 1.29 is 0 Å². The van der Waals surface area contributed by atoms with Crippen molar-refractivity contribution in [1.82, 2.24) is 5.32 Å². The van der Waals surface area contributed by atoms with E-state index in [4.69, 9.17) is 23.8 Å². The minimum atomic E-state index is -0.00341. The SMILES string of the molecule is CCC(C)(C)NC(=S)Nc1cccc(Cl)c1C. The topological polar surface area (TPSA) is 24.1 Å². The number of hydrogen-bond acceptors (Lipinski definition) is 1. The molecule has 0 saturated carbocycles. The van der Waals surface area contributed by atoms with Gasteiger partial charge in [-0.3, -0.25) is 0 Å². The fourth-order valence-corrected chi connectivity index (χ4v) is 1.85. The molecular formula is C13H19ClN2S. The van der Waals surface area contributed by atoms with Crippen LogP contribution in [0.3, 0.4) is 0 Å². The standard InChI is InChI=1S/C13H19ClN2S/c1-5-13(3,4)16-12(17)15-11-8-6-7-10(14)9(11)2/h6-8H,5H2,1-4H3,(H2,15,16,17). The molecule has 0 atom stereocenters. The average molecular weight is 271 g/mol. The van der Waals surface area contributed by atoms with Crippen LogP contribution in [-0.4, -0.2) is 10.7 Å². The Bertz CT molecular complexity index is 416. The molecule has 0 aliphatic carbocycles. The molecule has 0 spiro atoms. The zero-order valence-electron chi connectivity index (χ0n) is 10.7. The van der Waals surface area contributed by atoms with E-state index in [-0.39, 0.29) is 5.54 Å². The van der Waals surface area contributed by atoms with E-state index < -0.39 is 0 Å². The molecule has 2 nitrogen and oxygen atoms in total. The predicted octanol–water partition coefficient (Wildman–Crippen LogP) is 4.12. The lowest BCUT2D eigenvalue weighted by atomic mass is 10.0.